The Labute approximate surface area is 159 Å². The van der Waals surface area contributed by atoms with Gasteiger partial charge in [-0.25, -0.2) is 9.18 Å². The van der Waals surface area contributed by atoms with Crippen molar-refractivity contribution in [1.82, 2.24) is 5.32 Å². The molecule has 2 aromatic carbocycles. The lowest BCUT2D eigenvalue weighted by molar-refractivity contribution is -0.150. The fourth-order valence-electron chi connectivity index (χ4n) is 2.47. The van der Waals surface area contributed by atoms with Crippen molar-refractivity contribution in [2.24, 2.45) is 0 Å². The lowest BCUT2D eigenvalue weighted by Crippen LogP contribution is -2.40. The van der Waals surface area contributed by atoms with E-state index >= 15 is 0 Å². The zero-order valence-corrected chi connectivity index (χ0v) is 15.5. The number of hydrogen-bond acceptors (Lipinski definition) is 3. The number of esters is 1. The smallest absolute Gasteiger partial charge is 0.331 e. The van der Waals surface area contributed by atoms with E-state index in [-0.39, 0.29) is 17.8 Å². The molecule has 1 N–H and O–H groups in total. The van der Waals surface area contributed by atoms with E-state index in [0.717, 1.165) is 12.8 Å². The zero-order valence-electron chi connectivity index (χ0n) is 15.5. The van der Waals surface area contributed by atoms with Crippen molar-refractivity contribution >= 4 is 18.0 Å². The number of amides is 1. The summed E-state index contributed by atoms with van der Waals surface area (Å²) in [5, 5.41) is 2.85. The molecule has 0 spiro atoms. The molecule has 0 radical (unpaired) electrons. The predicted molar refractivity (Wildman–Crippen MR) is 103 cm³/mol. The van der Waals surface area contributed by atoms with E-state index in [1.54, 1.807) is 12.1 Å². The van der Waals surface area contributed by atoms with Crippen molar-refractivity contribution in [3.63, 3.8) is 0 Å². The van der Waals surface area contributed by atoms with Crippen molar-refractivity contribution in [1.29, 1.82) is 0 Å². The molecule has 0 aliphatic carbocycles. The first kappa shape index (κ1) is 20.4. The molecule has 1 amide bonds. The van der Waals surface area contributed by atoms with Gasteiger partial charge in [0.05, 0.1) is 0 Å². The van der Waals surface area contributed by atoms with Crippen LogP contribution < -0.4 is 5.32 Å². The summed E-state index contributed by atoms with van der Waals surface area (Å²) < 4.78 is 18.0. The molecular weight excluding hydrogens is 345 g/mol. The van der Waals surface area contributed by atoms with E-state index in [1.807, 2.05) is 37.3 Å². The topological polar surface area (TPSA) is 55.4 Å². The first-order valence-electron chi connectivity index (χ1n) is 8.92. The third kappa shape index (κ3) is 7.44. The number of rotatable bonds is 8. The van der Waals surface area contributed by atoms with Crippen molar-refractivity contribution < 1.29 is 18.7 Å². The fourth-order valence-corrected chi connectivity index (χ4v) is 2.47. The maximum Gasteiger partial charge on any atom is 0.331 e. The average Bonchev–Trinajstić information content (AvgIpc) is 2.66. The number of ether oxygens (including phenoxy) is 1. The second-order valence-electron chi connectivity index (χ2n) is 6.40. The number of carbonyl (C=O) groups is 2. The van der Waals surface area contributed by atoms with Crippen LogP contribution in [0.2, 0.25) is 0 Å². The highest BCUT2D eigenvalue weighted by molar-refractivity contribution is 5.90. The second kappa shape index (κ2) is 10.3. The van der Waals surface area contributed by atoms with E-state index in [9.17, 15) is 14.0 Å². The summed E-state index contributed by atoms with van der Waals surface area (Å²) in [6, 6.07) is 15.7. The molecule has 0 aliphatic rings. The minimum Gasteiger partial charge on any atom is -0.449 e. The van der Waals surface area contributed by atoms with Crippen LogP contribution in [-0.2, 0) is 20.7 Å². The summed E-state index contributed by atoms with van der Waals surface area (Å²) in [5.41, 5.74) is 1.88. The highest BCUT2D eigenvalue weighted by atomic mass is 19.1. The van der Waals surface area contributed by atoms with Crippen LogP contribution in [0.25, 0.3) is 6.08 Å². The van der Waals surface area contributed by atoms with Gasteiger partial charge in [0.2, 0.25) is 0 Å². The molecule has 0 saturated carbocycles. The molecule has 142 valence electrons. The number of hydrogen-bond donors (Lipinski definition) is 1. The monoisotopic (exact) mass is 369 g/mol. The largest absolute Gasteiger partial charge is 0.449 e. The summed E-state index contributed by atoms with van der Waals surface area (Å²) in [4.78, 5) is 24.0. The van der Waals surface area contributed by atoms with Gasteiger partial charge < -0.3 is 10.1 Å². The molecule has 4 nitrogen and oxygen atoms in total. The number of carbonyl (C=O) groups excluding carboxylic acids is 2. The van der Waals surface area contributed by atoms with E-state index in [4.69, 9.17) is 4.74 Å². The third-order valence-electron chi connectivity index (χ3n) is 4.04. The van der Waals surface area contributed by atoms with E-state index in [2.05, 4.69) is 5.32 Å². The molecule has 0 aromatic heterocycles. The van der Waals surface area contributed by atoms with Crippen LogP contribution in [-0.4, -0.2) is 24.0 Å². The Kier molecular flexibility index (Phi) is 7.74. The van der Waals surface area contributed by atoms with Gasteiger partial charge in [-0.05, 0) is 56.0 Å². The van der Waals surface area contributed by atoms with Crippen molar-refractivity contribution in [3.8, 4) is 0 Å². The van der Waals surface area contributed by atoms with Gasteiger partial charge in [0.1, 0.15) is 5.82 Å². The summed E-state index contributed by atoms with van der Waals surface area (Å²) in [6.45, 7) is 3.45. The van der Waals surface area contributed by atoms with Crippen LogP contribution in [0.4, 0.5) is 4.39 Å². The molecule has 0 aliphatic heterocycles. The van der Waals surface area contributed by atoms with Crippen LogP contribution in [0.3, 0.4) is 0 Å². The van der Waals surface area contributed by atoms with Crippen LogP contribution in [0, 0.1) is 5.82 Å². The van der Waals surface area contributed by atoms with Gasteiger partial charge in [0.25, 0.3) is 5.91 Å². The van der Waals surface area contributed by atoms with E-state index in [1.165, 1.54) is 36.8 Å². The summed E-state index contributed by atoms with van der Waals surface area (Å²) >= 11 is 0. The summed E-state index contributed by atoms with van der Waals surface area (Å²) in [7, 11) is 0. The Morgan fingerprint density at radius 3 is 2.41 bits per heavy atom. The van der Waals surface area contributed by atoms with E-state index in [0.29, 0.717) is 5.56 Å². The minimum atomic E-state index is -0.894. The Bertz CT molecular complexity index is 772. The first-order chi connectivity index (χ1) is 12.9. The van der Waals surface area contributed by atoms with Crippen molar-refractivity contribution in [2.75, 3.05) is 0 Å². The molecule has 0 heterocycles. The molecule has 2 aromatic rings. The summed E-state index contributed by atoms with van der Waals surface area (Å²) in [6.07, 6.45) is 3.48. The van der Waals surface area contributed by atoms with Gasteiger partial charge in [-0.3, -0.25) is 4.79 Å². The number of halogens is 1. The van der Waals surface area contributed by atoms with Gasteiger partial charge in [-0.15, -0.1) is 0 Å². The average molecular weight is 369 g/mol. The zero-order chi connectivity index (χ0) is 19.6. The fraction of sp³-hybridized carbons (Fsp3) is 0.273. The van der Waals surface area contributed by atoms with Gasteiger partial charge in [-0.1, -0.05) is 42.5 Å². The first-order valence-corrected chi connectivity index (χ1v) is 8.92. The highest BCUT2D eigenvalue weighted by Gasteiger charge is 2.18. The van der Waals surface area contributed by atoms with Crippen LogP contribution in [0.1, 0.15) is 31.4 Å². The lowest BCUT2D eigenvalue weighted by atomic mass is 10.1. The number of aryl methyl sites for hydroxylation is 1. The molecule has 0 fully saturated rings. The summed E-state index contributed by atoms with van der Waals surface area (Å²) in [5.74, 6) is -1.31. The molecule has 0 bridgehead atoms. The Balaban J connectivity index is 1.75. The standard InChI is InChI=1S/C22H24FNO3/c1-16(8-9-18-6-4-3-5-7-18)24-22(26)17(2)27-21(25)15-12-19-10-13-20(23)14-11-19/h3-7,10-17H,8-9H2,1-2H3,(H,24,26)/b15-12+/t16-,17+/m0/s1. The van der Waals surface area contributed by atoms with E-state index < -0.39 is 12.1 Å². The molecule has 2 atom stereocenters. The van der Waals surface area contributed by atoms with Gasteiger partial charge in [0.15, 0.2) is 6.10 Å². The molecule has 5 heteroatoms. The Morgan fingerprint density at radius 2 is 1.74 bits per heavy atom. The number of nitrogens with one attached hydrogen (secondary N) is 1. The van der Waals surface area contributed by atoms with Crippen LogP contribution in [0.5, 0.6) is 0 Å². The Hall–Kier alpha value is -2.95. The van der Waals surface area contributed by atoms with Gasteiger partial charge in [-0.2, -0.15) is 0 Å². The van der Waals surface area contributed by atoms with Gasteiger partial charge in [0, 0.05) is 12.1 Å². The molecule has 2 rings (SSSR count). The molecule has 27 heavy (non-hydrogen) atoms. The second-order valence-corrected chi connectivity index (χ2v) is 6.40. The quantitative estimate of drug-likeness (QED) is 0.567. The van der Waals surface area contributed by atoms with Gasteiger partial charge >= 0.3 is 5.97 Å². The van der Waals surface area contributed by atoms with Crippen LogP contribution >= 0.6 is 0 Å². The third-order valence-corrected chi connectivity index (χ3v) is 4.04. The SMILES string of the molecule is C[C@@H](CCc1ccccc1)NC(=O)[C@@H](C)OC(=O)/C=C/c1ccc(F)cc1. The lowest BCUT2D eigenvalue weighted by Gasteiger charge is -2.17. The Morgan fingerprint density at radius 1 is 1.07 bits per heavy atom. The van der Waals surface area contributed by atoms with Crippen molar-refractivity contribution in [3.05, 3.63) is 77.6 Å². The normalized spacial score (nSPS) is 13.1. The minimum absolute atomic E-state index is 0.0337. The maximum atomic E-state index is 12.8. The molecular formula is C22H24FNO3. The van der Waals surface area contributed by atoms with Crippen molar-refractivity contribution in [2.45, 2.75) is 38.8 Å². The highest BCUT2D eigenvalue weighted by Crippen LogP contribution is 2.07. The van der Waals surface area contributed by atoms with Crippen LogP contribution in [0.15, 0.2) is 60.7 Å². The maximum absolute atomic E-state index is 12.8. The predicted octanol–water partition coefficient (Wildman–Crippen LogP) is 3.91. The molecule has 0 saturated heterocycles. The molecule has 0 unspecified atom stereocenters. The number of benzene rings is 2.